The van der Waals surface area contributed by atoms with Crippen LogP contribution in [0.5, 0.6) is 0 Å². The second-order valence-electron chi connectivity index (χ2n) is 5.79. The summed E-state index contributed by atoms with van der Waals surface area (Å²) in [7, 11) is -3.14. The van der Waals surface area contributed by atoms with E-state index in [9.17, 15) is 8.42 Å². The Hall–Kier alpha value is -0.880. The molecule has 0 radical (unpaired) electrons. The summed E-state index contributed by atoms with van der Waals surface area (Å²) in [4.78, 5) is 0. The molecule has 1 heterocycles. The number of hydrogen-bond acceptors (Lipinski definition) is 4. The molecule has 0 aromatic carbocycles. The van der Waals surface area contributed by atoms with E-state index < -0.39 is 14.6 Å². The molecule has 1 aromatic rings. The first kappa shape index (κ1) is 17.2. The van der Waals surface area contributed by atoms with Crippen molar-refractivity contribution in [3.05, 3.63) is 18.0 Å². The molecule has 0 aliphatic carbocycles. The smallest absolute Gasteiger partial charge is 0.154 e. The summed E-state index contributed by atoms with van der Waals surface area (Å²) in [5.41, 5.74) is 1.07. The summed E-state index contributed by atoms with van der Waals surface area (Å²) in [6, 6.07) is -0.119. The molecule has 116 valence electrons. The summed E-state index contributed by atoms with van der Waals surface area (Å²) in [6.07, 6.45) is 6.76. The van der Waals surface area contributed by atoms with Crippen molar-refractivity contribution in [1.82, 2.24) is 15.1 Å². The predicted octanol–water partition coefficient (Wildman–Crippen LogP) is 1.64. The maximum atomic E-state index is 12.0. The second-order valence-corrected chi connectivity index (χ2v) is 8.39. The van der Waals surface area contributed by atoms with E-state index in [0.29, 0.717) is 6.42 Å². The van der Waals surface area contributed by atoms with E-state index in [0.717, 1.165) is 25.1 Å². The minimum atomic E-state index is -3.14. The lowest BCUT2D eigenvalue weighted by atomic mass is 9.97. The average Bonchev–Trinajstić information content (AvgIpc) is 2.80. The van der Waals surface area contributed by atoms with Crippen LogP contribution >= 0.6 is 0 Å². The minimum absolute atomic E-state index is 0.119. The molecule has 0 fully saturated rings. The van der Waals surface area contributed by atoms with Gasteiger partial charge in [0.1, 0.15) is 0 Å². The molecule has 0 aliphatic heterocycles. The highest BCUT2D eigenvalue weighted by Gasteiger charge is 2.38. The number of hydrogen-bond donors (Lipinski definition) is 1. The van der Waals surface area contributed by atoms with E-state index in [2.05, 4.69) is 17.3 Å². The van der Waals surface area contributed by atoms with E-state index in [1.165, 1.54) is 6.26 Å². The van der Waals surface area contributed by atoms with Crippen LogP contribution in [0, 0.1) is 0 Å². The van der Waals surface area contributed by atoms with Crippen LogP contribution in [0.2, 0.25) is 0 Å². The Morgan fingerprint density at radius 2 is 2.05 bits per heavy atom. The maximum Gasteiger partial charge on any atom is 0.154 e. The van der Waals surface area contributed by atoms with Crippen molar-refractivity contribution < 1.29 is 8.42 Å². The highest BCUT2D eigenvalue weighted by molar-refractivity contribution is 7.92. The molecule has 1 unspecified atom stereocenters. The lowest BCUT2D eigenvalue weighted by Crippen LogP contribution is -2.52. The van der Waals surface area contributed by atoms with Crippen molar-refractivity contribution in [2.24, 2.45) is 0 Å². The van der Waals surface area contributed by atoms with Crippen molar-refractivity contribution in [2.75, 3.05) is 12.8 Å². The zero-order chi connectivity index (χ0) is 15.4. The Labute approximate surface area is 122 Å². The van der Waals surface area contributed by atoms with E-state index >= 15 is 0 Å². The van der Waals surface area contributed by atoms with Gasteiger partial charge in [-0.05, 0) is 45.7 Å². The van der Waals surface area contributed by atoms with Gasteiger partial charge < -0.3 is 5.32 Å². The van der Waals surface area contributed by atoms with Gasteiger partial charge in [0.15, 0.2) is 9.84 Å². The Morgan fingerprint density at radius 1 is 1.40 bits per heavy atom. The van der Waals surface area contributed by atoms with Crippen molar-refractivity contribution >= 4 is 9.84 Å². The number of nitrogens with one attached hydrogen (secondary N) is 1. The fraction of sp³-hybridized carbons (Fsp3) is 0.786. The van der Waals surface area contributed by atoms with Gasteiger partial charge in [0.25, 0.3) is 0 Å². The molecular formula is C14H27N3O2S. The van der Waals surface area contributed by atoms with Crippen LogP contribution in [-0.2, 0) is 22.8 Å². The summed E-state index contributed by atoms with van der Waals surface area (Å²) < 4.78 is 25.1. The third-order valence-electron chi connectivity index (χ3n) is 3.89. The molecule has 5 nitrogen and oxygen atoms in total. The summed E-state index contributed by atoms with van der Waals surface area (Å²) in [5, 5.41) is 7.63. The van der Waals surface area contributed by atoms with Crippen molar-refractivity contribution in [2.45, 2.75) is 57.9 Å². The normalized spacial score (nSPS) is 14.4. The van der Waals surface area contributed by atoms with Crippen LogP contribution < -0.4 is 5.32 Å². The average molecular weight is 301 g/mol. The third-order valence-corrected chi connectivity index (χ3v) is 6.08. The topological polar surface area (TPSA) is 64.0 Å². The van der Waals surface area contributed by atoms with Gasteiger partial charge in [-0.3, -0.25) is 4.68 Å². The lowest BCUT2D eigenvalue weighted by Gasteiger charge is -2.33. The first-order valence-electron chi connectivity index (χ1n) is 7.16. The Balaban J connectivity index is 2.94. The van der Waals surface area contributed by atoms with E-state index in [4.69, 9.17) is 0 Å². The molecule has 20 heavy (non-hydrogen) atoms. The molecule has 1 rings (SSSR count). The van der Waals surface area contributed by atoms with Crippen LogP contribution in [0.15, 0.2) is 12.4 Å². The maximum absolute atomic E-state index is 12.0. The van der Waals surface area contributed by atoms with Crippen LogP contribution in [-0.4, -0.2) is 41.8 Å². The lowest BCUT2D eigenvalue weighted by molar-refractivity contribution is 0.406. The summed E-state index contributed by atoms with van der Waals surface area (Å²) >= 11 is 0. The van der Waals surface area contributed by atoms with Gasteiger partial charge in [-0.25, -0.2) is 8.42 Å². The van der Waals surface area contributed by atoms with Gasteiger partial charge in [0.05, 0.1) is 10.9 Å². The monoisotopic (exact) mass is 301 g/mol. The van der Waals surface area contributed by atoms with Gasteiger partial charge in [0.2, 0.25) is 0 Å². The standard InChI is InChI=1S/C14H27N3O2S/c1-6-8-15-13(14(3,4)20(5,18)19)9-12-10-16-17(7-2)11-12/h10-11,13,15H,6-9H2,1-5H3. The molecule has 1 atom stereocenters. The number of aryl methyl sites for hydroxylation is 1. The highest BCUT2D eigenvalue weighted by Crippen LogP contribution is 2.23. The minimum Gasteiger partial charge on any atom is -0.312 e. The second kappa shape index (κ2) is 6.72. The zero-order valence-corrected chi connectivity index (χ0v) is 14.0. The first-order valence-corrected chi connectivity index (χ1v) is 9.05. The van der Waals surface area contributed by atoms with Gasteiger partial charge >= 0.3 is 0 Å². The van der Waals surface area contributed by atoms with Gasteiger partial charge in [-0.1, -0.05) is 6.92 Å². The summed E-state index contributed by atoms with van der Waals surface area (Å²) in [5.74, 6) is 0. The van der Waals surface area contributed by atoms with Gasteiger partial charge in [0, 0.05) is 25.0 Å². The molecule has 0 aliphatic rings. The quantitative estimate of drug-likeness (QED) is 0.793. The Morgan fingerprint density at radius 3 is 2.50 bits per heavy atom. The van der Waals surface area contributed by atoms with Gasteiger partial charge in [-0.2, -0.15) is 5.10 Å². The third kappa shape index (κ3) is 4.06. The highest BCUT2D eigenvalue weighted by atomic mass is 32.2. The molecule has 1 N–H and O–H groups in total. The van der Waals surface area contributed by atoms with Gasteiger partial charge in [-0.15, -0.1) is 0 Å². The van der Waals surface area contributed by atoms with Crippen molar-refractivity contribution in [1.29, 1.82) is 0 Å². The fourth-order valence-electron chi connectivity index (χ4n) is 2.06. The van der Waals surface area contributed by atoms with Crippen molar-refractivity contribution in [3.8, 4) is 0 Å². The fourth-order valence-corrected chi connectivity index (χ4v) is 2.74. The largest absolute Gasteiger partial charge is 0.312 e. The van der Waals surface area contributed by atoms with E-state index in [1.807, 2.05) is 24.0 Å². The van der Waals surface area contributed by atoms with E-state index in [1.54, 1.807) is 13.8 Å². The predicted molar refractivity (Wildman–Crippen MR) is 82.6 cm³/mol. The number of sulfone groups is 1. The Kier molecular flexibility index (Phi) is 5.77. The first-order chi connectivity index (χ1) is 9.22. The number of rotatable bonds is 8. The Bertz CT molecular complexity index is 520. The summed E-state index contributed by atoms with van der Waals surface area (Å²) in [6.45, 7) is 9.32. The molecule has 0 saturated carbocycles. The number of nitrogens with zero attached hydrogens (tertiary/aromatic N) is 2. The van der Waals surface area contributed by atoms with E-state index in [-0.39, 0.29) is 6.04 Å². The van der Waals surface area contributed by atoms with Crippen LogP contribution in [0.1, 0.15) is 39.7 Å². The molecule has 1 aromatic heterocycles. The van der Waals surface area contributed by atoms with Crippen LogP contribution in [0.4, 0.5) is 0 Å². The van der Waals surface area contributed by atoms with Crippen LogP contribution in [0.3, 0.4) is 0 Å². The molecule has 0 saturated heterocycles. The number of aromatic nitrogens is 2. The molecular weight excluding hydrogens is 274 g/mol. The molecule has 6 heteroatoms. The molecule has 0 spiro atoms. The molecule has 0 amide bonds. The van der Waals surface area contributed by atoms with Crippen LogP contribution in [0.25, 0.3) is 0 Å². The molecule has 0 bridgehead atoms. The SMILES string of the molecule is CCCNC(Cc1cnn(CC)c1)C(C)(C)S(C)(=O)=O. The zero-order valence-electron chi connectivity index (χ0n) is 13.2. The van der Waals surface area contributed by atoms with Crippen molar-refractivity contribution in [3.63, 3.8) is 0 Å².